The zero-order chi connectivity index (χ0) is 14.7. The van der Waals surface area contributed by atoms with Gasteiger partial charge in [0.05, 0.1) is 18.8 Å². The largest absolute Gasteiger partial charge is 0.493 e. The number of ether oxygens (including phenoxy) is 1. The predicted molar refractivity (Wildman–Crippen MR) is 74.7 cm³/mol. The number of nitrogens with zero attached hydrogens (tertiary/aromatic N) is 1. The van der Waals surface area contributed by atoms with E-state index >= 15 is 0 Å². The predicted octanol–water partition coefficient (Wildman–Crippen LogP) is 0.899. The van der Waals surface area contributed by atoms with Crippen molar-refractivity contribution in [1.29, 1.82) is 0 Å². The van der Waals surface area contributed by atoms with Crippen LogP contribution < -0.4 is 4.74 Å². The van der Waals surface area contributed by atoms with Crippen LogP contribution in [-0.4, -0.2) is 52.9 Å². The number of amides is 1. The molecule has 2 rings (SSSR count). The highest BCUT2D eigenvalue weighted by atomic mass is 16.5. The molecule has 1 amide bonds. The van der Waals surface area contributed by atoms with E-state index in [9.17, 15) is 15.0 Å². The Labute approximate surface area is 118 Å². The summed E-state index contributed by atoms with van der Waals surface area (Å²) in [4.78, 5) is 13.6. The average molecular weight is 279 g/mol. The fourth-order valence-electron chi connectivity index (χ4n) is 2.07. The second kappa shape index (κ2) is 6.24. The summed E-state index contributed by atoms with van der Waals surface area (Å²) in [6, 6.07) is 6.93. The summed E-state index contributed by atoms with van der Waals surface area (Å²) in [6.07, 6.45) is -1.71. The lowest BCUT2D eigenvalue weighted by Crippen LogP contribution is -2.29. The molecule has 1 aromatic rings. The number of carbonyl (C=O) groups is 1. The van der Waals surface area contributed by atoms with Gasteiger partial charge in [-0.3, -0.25) is 4.79 Å². The van der Waals surface area contributed by atoms with Gasteiger partial charge >= 0.3 is 0 Å². The van der Waals surface area contributed by atoms with E-state index in [0.29, 0.717) is 18.1 Å². The quantitative estimate of drug-likeness (QED) is 0.859. The molecule has 0 bridgehead atoms. The highest BCUT2D eigenvalue weighted by Crippen LogP contribution is 2.17. The van der Waals surface area contributed by atoms with Crippen LogP contribution >= 0.6 is 0 Å². The molecule has 0 radical (unpaired) electrons. The van der Waals surface area contributed by atoms with Crippen LogP contribution in [0.3, 0.4) is 0 Å². The maximum atomic E-state index is 12.2. The van der Waals surface area contributed by atoms with Gasteiger partial charge in [-0.05, 0) is 30.2 Å². The van der Waals surface area contributed by atoms with Gasteiger partial charge in [0.1, 0.15) is 5.75 Å². The fourth-order valence-corrected chi connectivity index (χ4v) is 2.07. The first-order chi connectivity index (χ1) is 9.47. The van der Waals surface area contributed by atoms with E-state index < -0.39 is 12.2 Å². The van der Waals surface area contributed by atoms with Crippen molar-refractivity contribution < 1.29 is 19.7 Å². The van der Waals surface area contributed by atoms with Crippen molar-refractivity contribution in [3.05, 3.63) is 29.8 Å². The third-order valence-corrected chi connectivity index (χ3v) is 3.23. The number of rotatable bonds is 4. The van der Waals surface area contributed by atoms with Gasteiger partial charge in [-0.1, -0.05) is 13.8 Å². The van der Waals surface area contributed by atoms with Crippen LogP contribution in [0, 0.1) is 5.92 Å². The maximum absolute atomic E-state index is 12.2. The molecule has 20 heavy (non-hydrogen) atoms. The lowest BCUT2D eigenvalue weighted by molar-refractivity contribution is 0.0572. The molecule has 1 aliphatic rings. The summed E-state index contributed by atoms with van der Waals surface area (Å²) in [5, 5.41) is 18.9. The molecular weight excluding hydrogens is 258 g/mol. The van der Waals surface area contributed by atoms with E-state index in [0.717, 1.165) is 5.75 Å². The summed E-state index contributed by atoms with van der Waals surface area (Å²) in [7, 11) is 0. The molecule has 2 unspecified atom stereocenters. The first-order valence-electron chi connectivity index (χ1n) is 6.85. The monoisotopic (exact) mass is 279 g/mol. The van der Waals surface area contributed by atoms with E-state index in [4.69, 9.17) is 4.74 Å². The van der Waals surface area contributed by atoms with Gasteiger partial charge < -0.3 is 19.8 Å². The van der Waals surface area contributed by atoms with Gasteiger partial charge in [0.25, 0.3) is 5.91 Å². The Morgan fingerprint density at radius 1 is 1.25 bits per heavy atom. The number of hydrogen-bond acceptors (Lipinski definition) is 4. The molecule has 1 heterocycles. The molecule has 0 saturated carbocycles. The van der Waals surface area contributed by atoms with E-state index in [1.165, 1.54) is 4.90 Å². The minimum Gasteiger partial charge on any atom is -0.493 e. The van der Waals surface area contributed by atoms with Crippen LogP contribution in [0.4, 0.5) is 0 Å². The van der Waals surface area contributed by atoms with Crippen molar-refractivity contribution in [3.8, 4) is 5.75 Å². The number of hydrogen-bond donors (Lipinski definition) is 2. The first-order valence-corrected chi connectivity index (χ1v) is 6.85. The van der Waals surface area contributed by atoms with Crippen LogP contribution in [0.1, 0.15) is 24.2 Å². The normalized spacial score (nSPS) is 22.4. The maximum Gasteiger partial charge on any atom is 0.254 e. The Kier molecular flexibility index (Phi) is 4.62. The molecule has 1 aromatic carbocycles. The Hall–Kier alpha value is -1.59. The summed E-state index contributed by atoms with van der Waals surface area (Å²) in [5.41, 5.74) is 0.531. The summed E-state index contributed by atoms with van der Waals surface area (Å²) < 4.78 is 5.56. The highest BCUT2D eigenvalue weighted by Gasteiger charge is 2.32. The second-order valence-electron chi connectivity index (χ2n) is 5.57. The van der Waals surface area contributed by atoms with Gasteiger partial charge in [-0.25, -0.2) is 0 Å². The van der Waals surface area contributed by atoms with Crippen molar-refractivity contribution >= 4 is 5.91 Å². The minimum atomic E-state index is -0.854. The molecule has 0 aliphatic carbocycles. The molecule has 2 N–H and O–H groups in total. The van der Waals surface area contributed by atoms with Crippen molar-refractivity contribution in [2.75, 3.05) is 19.7 Å². The SMILES string of the molecule is CC(C)COc1ccc(C(=O)N2CC(O)C(O)C2)cc1. The van der Waals surface area contributed by atoms with Gasteiger partial charge in [-0.15, -0.1) is 0 Å². The van der Waals surface area contributed by atoms with Gasteiger partial charge in [-0.2, -0.15) is 0 Å². The van der Waals surface area contributed by atoms with Crippen molar-refractivity contribution in [2.45, 2.75) is 26.1 Å². The Morgan fingerprint density at radius 3 is 2.30 bits per heavy atom. The Morgan fingerprint density at radius 2 is 1.80 bits per heavy atom. The molecule has 1 aliphatic heterocycles. The van der Waals surface area contributed by atoms with E-state index in [1.807, 2.05) is 0 Å². The number of likely N-dealkylation sites (tertiary alicyclic amines) is 1. The Bertz CT molecular complexity index is 447. The number of benzene rings is 1. The zero-order valence-corrected chi connectivity index (χ0v) is 11.8. The summed E-state index contributed by atoms with van der Waals surface area (Å²) >= 11 is 0. The van der Waals surface area contributed by atoms with Gasteiger partial charge in [0.2, 0.25) is 0 Å². The Balaban J connectivity index is 1.97. The van der Waals surface area contributed by atoms with Crippen molar-refractivity contribution in [3.63, 3.8) is 0 Å². The molecule has 1 saturated heterocycles. The van der Waals surface area contributed by atoms with Crippen LogP contribution in [0.5, 0.6) is 5.75 Å². The lowest BCUT2D eigenvalue weighted by Gasteiger charge is -2.15. The number of β-amino-alcohol motifs (C(OH)–C–C–N with tert-alkyl or cyclic N) is 2. The van der Waals surface area contributed by atoms with Crippen molar-refractivity contribution in [1.82, 2.24) is 4.90 Å². The molecular formula is C15H21NO4. The highest BCUT2D eigenvalue weighted by molar-refractivity contribution is 5.94. The molecule has 2 atom stereocenters. The molecule has 110 valence electrons. The van der Waals surface area contributed by atoms with Gasteiger partial charge in [0.15, 0.2) is 0 Å². The number of aliphatic hydroxyl groups excluding tert-OH is 2. The molecule has 5 heteroatoms. The summed E-state index contributed by atoms with van der Waals surface area (Å²) in [5.74, 6) is 0.997. The zero-order valence-electron chi connectivity index (χ0n) is 11.8. The van der Waals surface area contributed by atoms with E-state index in [1.54, 1.807) is 24.3 Å². The van der Waals surface area contributed by atoms with Crippen LogP contribution in [-0.2, 0) is 0 Å². The standard InChI is InChI=1S/C15H21NO4/c1-10(2)9-20-12-5-3-11(4-6-12)15(19)16-7-13(17)14(18)8-16/h3-6,10,13-14,17-18H,7-9H2,1-2H3. The molecule has 0 spiro atoms. The minimum absolute atomic E-state index is 0.172. The van der Waals surface area contributed by atoms with Crippen LogP contribution in [0.2, 0.25) is 0 Å². The van der Waals surface area contributed by atoms with E-state index in [-0.39, 0.29) is 19.0 Å². The molecule has 0 aromatic heterocycles. The fraction of sp³-hybridized carbons (Fsp3) is 0.533. The van der Waals surface area contributed by atoms with Crippen LogP contribution in [0.15, 0.2) is 24.3 Å². The van der Waals surface area contributed by atoms with Crippen LogP contribution in [0.25, 0.3) is 0 Å². The lowest BCUT2D eigenvalue weighted by atomic mass is 10.2. The van der Waals surface area contributed by atoms with Crippen molar-refractivity contribution in [2.24, 2.45) is 5.92 Å². The topological polar surface area (TPSA) is 70.0 Å². The second-order valence-corrected chi connectivity index (χ2v) is 5.57. The summed E-state index contributed by atoms with van der Waals surface area (Å²) in [6.45, 7) is 5.12. The third kappa shape index (κ3) is 3.49. The van der Waals surface area contributed by atoms with E-state index in [2.05, 4.69) is 13.8 Å². The molecule has 5 nitrogen and oxygen atoms in total. The average Bonchev–Trinajstić information content (AvgIpc) is 2.76. The first kappa shape index (κ1) is 14.8. The molecule has 1 fully saturated rings. The third-order valence-electron chi connectivity index (χ3n) is 3.23. The number of carbonyl (C=O) groups excluding carboxylic acids is 1. The number of aliphatic hydroxyl groups is 2. The smallest absolute Gasteiger partial charge is 0.254 e. The van der Waals surface area contributed by atoms with Gasteiger partial charge in [0, 0.05) is 18.7 Å².